The second kappa shape index (κ2) is 5.95. The van der Waals surface area contributed by atoms with E-state index in [-0.39, 0.29) is 6.61 Å². The van der Waals surface area contributed by atoms with E-state index in [0.29, 0.717) is 0 Å². The van der Waals surface area contributed by atoms with Crippen LogP contribution in [0.3, 0.4) is 0 Å². The molecule has 1 atom stereocenters. The Bertz CT molecular complexity index is 468. The minimum Gasteiger partial charge on any atom is -0.395 e. The molecule has 1 rings (SSSR count). The van der Waals surface area contributed by atoms with Crippen molar-refractivity contribution in [3.05, 3.63) is 41.3 Å². The Hall–Kier alpha value is -1.17. The van der Waals surface area contributed by atoms with Crippen molar-refractivity contribution in [1.29, 1.82) is 0 Å². The molecule has 0 spiro atoms. The van der Waals surface area contributed by atoms with Crippen LogP contribution >= 0.6 is 0 Å². The summed E-state index contributed by atoms with van der Waals surface area (Å²) in [6.07, 6.45) is 1.54. The number of hydrogen-bond donors (Lipinski definition) is 1. The SMILES string of the molecule is CC(CO)N(C)S(=O)(=O)/C=C/c1ccccc1. The van der Waals surface area contributed by atoms with Gasteiger partial charge in [-0.1, -0.05) is 30.3 Å². The summed E-state index contributed by atoms with van der Waals surface area (Å²) < 4.78 is 24.8. The van der Waals surface area contributed by atoms with Gasteiger partial charge in [0.1, 0.15) is 0 Å². The van der Waals surface area contributed by atoms with Crippen LogP contribution in [-0.4, -0.2) is 37.5 Å². The molecule has 17 heavy (non-hydrogen) atoms. The number of benzene rings is 1. The van der Waals surface area contributed by atoms with Crippen LogP contribution in [0.2, 0.25) is 0 Å². The third-order valence-electron chi connectivity index (χ3n) is 2.52. The molecule has 0 saturated heterocycles. The van der Waals surface area contributed by atoms with Crippen molar-refractivity contribution in [1.82, 2.24) is 4.31 Å². The van der Waals surface area contributed by atoms with Crippen LogP contribution in [0.5, 0.6) is 0 Å². The van der Waals surface area contributed by atoms with Gasteiger partial charge in [0.2, 0.25) is 10.0 Å². The van der Waals surface area contributed by atoms with E-state index >= 15 is 0 Å². The van der Waals surface area contributed by atoms with Crippen LogP contribution in [0.1, 0.15) is 12.5 Å². The summed E-state index contributed by atoms with van der Waals surface area (Å²) in [5, 5.41) is 10.1. The highest BCUT2D eigenvalue weighted by Gasteiger charge is 2.19. The highest BCUT2D eigenvalue weighted by Crippen LogP contribution is 2.09. The van der Waals surface area contributed by atoms with E-state index in [0.717, 1.165) is 15.3 Å². The highest BCUT2D eigenvalue weighted by molar-refractivity contribution is 7.92. The van der Waals surface area contributed by atoms with Gasteiger partial charge in [0.25, 0.3) is 0 Å². The third kappa shape index (κ3) is 3.96. The van der Waals surface area contributed by atoms with Gasteiger partial charge in [-0.3, -0.25) is 0 Å². The largest absolute Gasteiger partial charge is 0.395 e. The summed E-state index contributed by atoms with van der Waals surface area (Å²) in [4.78, 5) is 0. The van der Waals surface area contributed by atoms with Crippen LogP contribution < -0.4 is 0 Å². The molecule has 0 aliphatic heterocycles. The van der Waals surface area contributed by atoms with Gasteiger partial charge >= 0.3 is 0 Å². The van der Waals surface area contributed by atoms with E-state index < -0.39 is 16.1 Å². The van der Waals surface area contributed by atoms with Crippen LogP contribution in [0.25, 0.3) is 6.08 Å². The van der Waals surface area contributed by atoms with Crippen molar-refractivity contribution in [2.24, 2.45) is 0 Å². The molecule has 1 aromatic carbocycles. The van der Waals surface area contributed by atoms with Crippen molar-refractivity contribution in [2.45, 2.75) is 13.0 Å². The van der Waals surface area contributed by atoms with E-state index in [1.165, 1.54) is 13.1 Å². The lowest BCUT2D eigenvalue weighted by atomic mass is 10.2. The first-order valence-electron chi connectivity index (χ1n) is 5.29. The number of sulfonamides is 1. The van der Waals surface area contributed by atoms with Crippen molar-refractivity contribution >= 4 is 16.1 Å². The van der Waals surface area contributed by atoms with Crippen LogP contribution in [0.4, 0.5) is 0 Å². The number of likely N-dealkylation sites (N-methyl/N-ethyl adjacent to an activating group) is 1. The topological polar surface area (TPSA) is 57.6 Å². The molecule has 1 unspecified atom stereocenters. The third-order valence-corrected chi connectivity index (χ3v) is 4.16. The van der Waals surface area contributed by atoms with Gasteiger partial charge in [0.05, 0.1) is 6.61 Å². The van der Waals surface area contributed by atoms with E-state index in [1.807, 2.05) is 30.3 Å². The summed E-state index contributed by atoms with van der Waals surface area (Å²) in [6.45, 7) is 1.45. The molecule has 4 nitrogen and oxygen atoms in total. The summed E-state index contributed by atoms with van der Waals surface area (Å²) >= 11 is 0. The quantitative estimate of drug-likeness (QED) is 0.862. The zero-order chi connectivity index (χ0) is 12.9. The Kier molecular flexibility index (Phi) is 4.86. The van der Waals surface area contributed by atoms with Crippen molar-refractivity contribution in [3.8, 4) is 0 Å². The number of nitrogens with zero attached hydrogens (tertiary/aromatic N) is 1. The zero-order valence-electron chi connectivity index (χ0n) is 9.95. The number of aliphatic hydroxyl groups excluding tert-OH is 1. The average Bonchev–Trinajstić information content (AvgIpc) is 2.36. The maximum atomic E-state index is 11.8. The Morgan fingerprint density at radius 2 is 1.94 bits per heavy atom. The second-order valence-corrected chi connectivity index (χ2v) is 5.68. The minimum atomic E-state index is -3.48. The smallest absolute Gasteiger partial charge is 0.236 e. The van der Waals surface area contributed by atoms with Crippen LogP contribution in [0.15, 0.2) is 35.7 Å². The fourth-order valence-electron chi connectivity index (χ4n) is 1.19. The van der Waals surface area contributed by atoms with Crippen molar-refractivity contribution in [2.75, 3.05) is 13.7 Å². The maximum Gasteiger partial charge on any atom is 0.236 e. The molecule has 5 heteroatoms. The Labute approximate surface area is 102 Å². The van der Waals surface area contributed by atoms with E-state index in [4.69, 9.17) is 5.11 Å². The Morgan fingerprint density at radius 3 is 2.47 bits per heavy atom. The second-order valence-electron chi connectivity index (χ2n) is 3.81. The maximum absolute atomic E-state index is 11.8. The monoisotopic (exact) mass is 255 g/mol. The summed E-state index contributed by atoms with van der Waals surface area (Å²) in [5.41, 5.74) is 0.820. The van der Waals surface area contributed by atoms with Gasteiger partial charge in [-0.2, -0.15) is 4.31 Å². The van der Waals surface area contributed by atoms with Gasteiger partial charge < -0.3 is 5.11 Å². The molecule has 0 bridgehead atoms. The number of rotatable bonds is 5. The predicted octanol–water partition coefficient (Wildman–Crippen LogP) is 1.30. The molecule has 0 saturated carbocycles. The molecule has 0 aliphatic carbocycles. The minimum absolute atomic E-state index is 0.199. The highest BCUT2D eigenvalue weighted by atomic mass is 32.2. The lowest BCUT2D eigenvalue weighted by molar-refractivity contribution is 0.215. The standard InChI is InChI=1S/C12H17NO3S/c1-11(10-14)13(2)17(15,16)9-8-12-6-4-3-5-7-12/h3-9,11,14H,10H2,1-2H3/b9-8+. The molecule has 0 heterocycles. The van der Waals surface area contributed by atoms with Gasteiger partial charge in [-0.15, -0.1) is 0 Å². The lowest BCUT2D eigenvalue weighted by Crippen LogP contribution is -2.35. The van der Waals surface area contributed by atoms with Gasteiger partial charge in [-0.25, -0.2) is 8.42 Å². The van der Waals surface area contributed by atoms with Gasteiger partial charge in [-0.05, 0) is 18.6 Å². The summed E-state index contributed by atoms with van der Waals surface area (Å²) in [6, 6.07) is 8.76. The molecule has 94 valence electrons. The molecule has 0 amide bonds. The number of hydrogen-bond acceptors (Lipinski definition) is 3. The van der Waals surface area contributed by atoms with Crippen molar-refractivity contribution < 1.29 is 13.5 Å². The first-order valence-corrected chi connectivity index (χ1v) is 6.79. The fraction of sp³-hybridized carbons (Fsp3) is 0.333. The fourth-order valence-corrected chi connectivity index (χ4v) is 2.28. The Balaban J connectivity index is 2.84. The first-order chi connectivity index (χ1) is 7.97. The van der Waals surface area contributed by atoms with E-state index in [9.17, 15) is 8.42 Å². The molecule has 1 aromatic rings. The van der Waals surface area contributed by atoms with Crippen LogP contribution in [-0.2, 0) is 10.0 Å². The average molecular weight is 255 g/mol. The zero-order valence-corrected chi connectivity index (χ0v) is 10.8. The van der Waals surface area contributed by atoms with E-state index in [2.05, 4.69) is 0 Å². The molecular formula is C12H17NO3S. The molecule has 0 aromatic heterocycles. The number of aliphatic hydroxyl groups is 1. The first kappa shape index (κ1) is 13.9. The van der Waals surface area contributed by atoms with Crippen LogP contribution in [0, 0.1) is 0 Å². The Morgan fingerprint density at radius 1 is 1.35 bits per heavy atom. The summed E-state index contributed by atoms with van der Waals surface area (Å²) in [5.74, 6) is 0. The van der Waals surface area contributed by atoms with Gasteiger partial charge in [0.15, 0.2) is 0 Å². The van der Waals surface area contributed by atoms with Crippen molar-refractivity contribution in [3.63, 3.8) is 0 Å². The van der Waals surface area contributed by atoms with Gasteiger partial charge in [0, 0.05) is 18.5 Å². The van der Waals surface area contributed by atoms with E-state index in [1.54, 1.807) is 6.92 Å². The summed E-state index contributed by atoms with van der Waals surface area (Å²) in [7, 11) is -2.03. The predicted molar refractivity (Wildman–Crippen MR) is 68.7 cm³/mol. The lowest BCUT2D eigenvalue weighted by Gasteiger charge is -2.20. The molecular weight excluding hydrogens is 238 g/mol. The molecule has 0 aliphatic rings. The normalized spacial score (nSPS) is 14.4. The molecule has 1 N–H and O–H groups in total. The molecule has 0 radical (unpaired) electrons. The molecule has 0 fully saturated rings.